The summed E-state index contributed by atoms with van der Waals surface area (Å²) in [6.07, 6.45) is 0. The number of nitrogens with zero attached hydrogens (tertiary/aromatic N) is 4. The molecule has 6 aromatic rings. The van der Waals surface area contributed by atoms with E-state index in [4.69, 9.17) is 9.40 Å². The topological polar surface area (TPSA) is 37.4 Å². The van der Waals surface area contributed by atoms with Crippen molar-refractivity contribution in [3.63, 3.8) is 0 Å². The van der Waals surface area contributed by atoms with Gasteiger partial charge in [-0.05, 0) is 42.0 Å². The second-order valence-corrected chi connectivity index (χ2v) is 8.85. The van der Waals surface area contributed by atoms with Crippen molar-refractivity contribution in [2.75, 3.05) is 9.62 Å². The minimum atomic E-state index is -0.125. The predicted molar refractivity (Wildman–Crippen MR) is 132 cm³/mol. The first kappa shape index (κ1) is 16.2. The quantitative estimate of drug-likeness (QED) is 0.292. The maximum Gasteiger partial charge on any atom is 0.461 e. The van der Waals surface area contributed by atoms with Crippen molar-refractivity contribution in [3.8, 4) is 16.8 Å². The van der Waals surface area contributed by atoms with E-state index in [0.29, 0.717) is 0 Å². The van der Waals surface area contributed by atoms with Crippen LogP contribution in [0, 0.1) is 0 Å². The van der Waals surface area contributed by atoms with Crippen molar-refractivity contribution in [3.05, 3.63) is 91.0 Å². The van der Waals surface area contributed by atoms with Crippen molar-refractivity contribution in [1.29, 1.82) is 0 Å². The zero-order valence-electron chi connectivity index (χ0n) is 17.4. The number of aromatic nitrogens is 2. The molecule has 152 valence electrons. The van der Waals surface area contributed by atoms with Crippen LogP contribution in [0.25, 0.3) is 38.8 Å². The summed E-state index contributed by atoms with van der Waals surface area (Å²) in [5.74, 6) is 0.891. The number of fused-ring (bicyclic) bond motifs is 13. The van der Waals surface area contributed by atoms with Crippen molar-refractivity contribution < 1.29 is 4.42 Å². The largest absolute Gasteiger partial charge is 0.461 e. The molecule has 5 heterocycles. The van der Waals surface area contributed by atoms with Crippen LogP contribution in [0.2, 0.25) is 0 Å². The highest BCUT2D eigenvalue weighted by molar-refractivity contribution is 6.84. The molecule has 0 bridgehead atoms. The summed E-state index contributed by atoms with van der Waals surface area (Å²) in [7, 11) is 0. The number of benzene rings is 4. The number of rotatable bonds is 0. The fraction of sp³-hybridized carbons (Fsp3) is 0. The molecule has 0 saturated carbocycles. The molecule has 0 N–H and O–H groups in total. The van der Waals surface area contributed by atoms with Crippen LogP contribution in [-0.4, -0.2) is 16.5 Å². The molecular formula is C27H15BN4O. The van der Waals surface area contributed by atoms with E-state index in [1.807, 2.05) is 0 Å². The molecular weight excluding hydrogens is 407 g/mol. The van der Waals surface area contributed by atoms with Crippen LogP contribution < -0.4 is 15.3 Å². The van der Waals surface area contributed by atoms with Gasteiger partial charge in [-0.2, -0.15) is 0 Å². The molecule has 0 radical (unpaired) electrons. The first-order valence-electron chi connectivity index (χ1n) is 11.2. The summed E-state index contributed by atoms with van der Waals surface area (Å²) < 4.78 is 8.91. The van der Waals surface area contributed by atoms with E-state index >= 15 is 0 Å². The highest BCUT2D eigenvalue weighted by atomic mass is 16.4. The molecule has 0 aliphatic carbocycles. The number of furan rings is 1. The lowest BCUT2D eigenvalue weighted by molar-refractivity contribution is 0.627. The van der Waals surface area contributed by atoms with Gasteiger partial charge in [0.2, 0.25) is 5.88 Å². The summed E-state index contributed by atoms with van der Waals surface area (Å²) in [5.41, 5.74) is 11.1. The van der Waals surface area contributed by atoms with Gasteiger partial charge >= 0.3 is 6.98 Å². The first-order valence-corrected chi connectivity index (χ1v) is 11.2. The Morgan fingerprint density at radius 3 is 2.36 bits per heavy atom. The Morgan fingerprint density at radius 2 is 1.42 bits per heavy atom. The van der Waals surface area contributed by atoms with Crippen LogP contribution in [0.4, 0.5) is 22.9 Å². The Morgan fingerprint density at radius 1 is 0.667 bits per heavy atom. The summed E-state index contributed by atoms with van der Waals surface area (Å²) in [4.78, 5) is 9.93. The van der Waals surface area contributed by atoms with Crippen LogP contribution in [0.1, 0.15) is 0 Å². The maximum atomic E-state index is 6.60. The number of para-hydroxylation sites is 5. The van der Waals surface area contributed by atoms with Gasteiger partial charge < -0.3 is 14.0 Å². The zero-order valence-corrected chi connectivity index (χ0v) is 17.4. The number of hydrogen-bond donors (Lipinski definition) is 0. The second-order valence-electron chi connectivity index (χ2n) is 8.85. The van der Waals surface area contributed by atoms with Gasteiger partial charge in [-0.3, -0.25) is 4.57 Å². The van der Waals surface area contributed by atoms with E-state index in [0.717, 1.165) is 45.3 Å². The van der Waals surface area contributed by atoms with Gasteiger partial charge in [-0.25, -0.2) is 4.98 Å². The summed E-state index contributed by atoms with van der Waals surface area (Å²) in [6, 6.07) is 32.0. The Bertz CT molecular complexity index is 1820. The second kappa shape index (κ2) is 5.30. The standard InChI is InChI=1S/C27H15BN4O/c1-3-11-19-16(8-1)17-9-7-15-23-24(17)25-26(33-23)32-22-14-6-5-13-21(22)30-20-12-4-2-10-18(20)29-27(30)28(32)31(19)25/h1-15H. The van der Waals surface area contributed by atoms with E-state index in [1.54, 1.807) is 0 Å². The van der Waals surface area contributed by atoms with E-state index in [1.165, 1.54) is 22.2 Å². The van der Waals surface area contributed by atoms with E-state index < -0.39 is 0 Å². The van der Waals surface area contributed by atoms with Crippen molar-refractivity contribution in [2.45, 2.75) is 0 Å². The molecule has 0 amide bonds. The highest BCUT2D eigenvalue weighted by Gasteiger charge is 2.54. The molecule has 0 fully saturated rings. The number of anilines is 4. The SMILES string of the molecule is c1ccc2c(c1)-c1cccc3oc4c(c13)N2B1c2nc3ccccc3n2-c2ccccc2N14. The van der Waals surface area contributed by atoms with Crippen LogP contribution in [-0.2, 0) is 0 Å². The van der Waals surface area contributed by atoms with Gasteiger partial charge in [0, 0.05) is 11.3 Å². The molecule has 6 heteroatoms. The van der Waals surface area contributed by atoms with Gasteiger partial charge in [-0.1, -0.05) is 54.6 Å². The molecule has 2 aromatic heterocycles. The van der Waals surface area contributed by atoms with Gasteiger partial charge in [0.25, 0.3) is 0 Å². The minimum Gasteiger partial charge on any atom is -0.439 e. The molecule has 0 spiro atoms. The third kappa shape index (κ3) is 1.71. The smallest absolute Gasteiger partial charge is 0.439 e. The summed E-state index contributed by atoms with van der Waals surface area (Å²) >= 11 is 0. The van der Waals surface area contributed by atoms with Crippen molar-refractivity contribution >= 4 is 57.7 Å². The van der Waals surface area contributed by atoms with Crippen LogP contribution in [0.5, 0.6) is 0 Å². The number of imidazole rings is 1. The molecule has 3 aliphatic rings. The lowest BCUT2D eigenvalue weighted by Crippen LogP contribution is -2.59. The van der Waals surface area contributed by atoms with E-state index in [9.17, 15) is 0 Å². The molecule has 0 saturated heterocycles. The van der Waals surface area contributed by atoms with E-state index in [2.05, 4.69) is 105 Å². The lowest BCUT2D eigenvalue weighted by atomic mass is 9.68. The Labute approximate surface area is 189 Å². The fourth-order valence-corrected chi connectivity index (χ4v) is 6.04. The lowest BCUT2D eigenvalue weighted by Gasteiger charge is -2.36. The minimum absolute atomic E-state index is 0.125. The average molecular weight is 422 g/mol. The van der Waals surface area contributed by atoms with Gasteiger partial charge in [0.05, 0.1) is 27.8 Å². The zero-order chi connectivity index (χ0) is 21.3. The van der Waals surface area contributed by atoms with Gasteiger partial charge in [0.1, 0.15) is 17.0 Å². The molecule has 3 aliphatic heterocycles. The maximum absolute atomic E-state index is 6.60. The van der Waals surface area contributed by atoms with Crippen LogP contribution in [0.15, 0.2) is 95.4 Å². The molecule has 0 unspecified atom stereocenters. The summed E-state index contributed by atoms with van der Waals surface area (Å²) in [5, 5.41) is 1.18. The highest BCUT2D eigenvalue weighted by Crippen LogP contribution is 2.59. The molecule has 4 aromatic carbocycles. The molecule has 33 heavy (non-hydrogen) atoms. The Hall–Kier alpha value is -4.45. The van der Waals surface area contributed by atoms with Crippen LogP contribution in [0.3, 0.4) is 0 Å². The fourth-order valence-electron chi connectivity index (χ4n) is 6.04. The van der Waals surface area contributed by atoms with Gasteiger partial charge in [-0.15, -0.1) is 0 Å². The third-order valence-electron chi connectivity index (χ3n) is 7.27. The van der Waals surface area contributed by atoms with Crippen LogP contribution >= 0.6 is 0 Å². The van der Waals surface area contributed by atoms with Crippen molar-refractivity contribution in [2.24, 2.45) is 0 Å². The monoisotopic (exact) mass is 422 g/mol. The molecule has 9 rings (SSSR count). The van der Waals surface area contributed by atoms with Crippen molar-refractivity contribution in [1.82, 2.24) is 9.55 Å². The Balaban J connectivity index is 1.48. The Kier molecular flexibility index (Phi) is 2.61. The third-order valence-corrected chi connectivity index (χ3v) is 7.27. The predicted octanol–water partition coefficient (Wildman–Crippen LogP) is 5.75. The molecule has 0 atom stereocenters. The summed E-state index contributed by atoms with van der Waals surface area (Å²) in [6.45, 7) is -0.125. The molecule has 5 nitrogen and oxygen atoms in total. The average Bonchev–Trinajstić information content (AvgIpc) is 3.53. The van der Waals surface area contributed by atoms with E-state index in [-0.39, 0.29) is 6.98 Å². The van der Waals surface area contributed by atoms with Gasteiger partial charge in [0.15, 0.2) is 0 Å². The normalized spacial score (nSPS) is 14.5. The first-order chi connectivity index (χ1) is 16.4. The number of hydrogen-bond acceptors (Lipinski definition) is 4.